The summed E-state index contributed by atoms with van der Waals surface area (Å²) in [6, 6.07) is 5.29. The lowest BCUT2D eigenvalue weighted by Gasteiger charge is -2.16. The van der Waals surface area contributed by atoms with E-state index in [1.54, 1.807) is 35.3 Å². The van der Waals surface area contributed by atoms with Crippen molar-refractivity contribution in [2.75, 3.05) is 13.1 Å². The number of aromatic nitrogens is 4. The van der Waals surface area contributed by atoms with Crippen LogP contribution in [-0.4, -0.2) is 43.8 Å². The third-order valence-corrected chi connectivity index (χ3v) is 4.25. The smallest absolute Gasteiger partial charge is 0.293 e. The van der Waals surface area contributed by atoms with E-state index in [1.807, 2.05) is 11.8 Å². The van der Waals surface area contributed by atoms with Gasteiger partial charge in [-0.3, -0.25) is 9.48 Å². The summed E-state index contributed by atoms with van der Waals surface area (Å²) >= 11 is 0. The number of hydrogen-bond donors (Lipinski definition) is 0. The van der Waals surface area contributed by atoms with Gasteiger partial charge in [0.15, 0.2) is 11.6 Å². The van der Waals surface area contributed by atoms with Crippen LogP contribution in [0.5, 0.6) is 0 Å². The Hall–Kier alpha value is -2.90. The Morgan fingerprint density at radius 3 is 3.12 bits per heavy atom. The van der Waals surface area contributed by atoms with Crippen LogP contribution in [0, 0.1) is 0 Å². The molecule has 3 aromatic heterocycles. The highest BCUT2D eigenvalue weighted by molar-refractivity contribution is 5.92. The lowest BCUT2D eigenvalue weighted by atomic mass is 10.1. The van der Waals surface area contributed by atoms with E-state index in [4.69, 9.17) is 8.94 Å². The minimum absolute atomic E-state index is 0.00778. The first-order valence-electron chi connectivity index (χ1n) is 7.95. The summed E-state index contributed by atoms with van der Waals surface area (Å²) in [7, 11) is 0. The summed E-state index contributed by atoms with van der Waals surface area (Å²) < 4.78 is 12.2. The van der Waals surface area contributed by atoms with Gasteiger partial charge in [0.25, 0.3) is 11.8 Å². The summed E-state index contributed by atoms with van der Waals surface area (Å²) in [6.45, 7) is 3.88. The molecule has 0 unspecified atom stereocenters. The van der Waals surface area contributed by atoms with E-state index in [0.717, 1.165) is 6.42 Å². The van der Waals surface area contributed by atoms with E-state index < -0.39 is 0 Å². The van der Waals surface area contributed by atoms with E-state index in [9.17, 15) is 4.79 Å². The first kappa shape index (κ1) is 14.7. The van der Waals surface area contributed by atoms with Gasteiger partial charge in [-0.2, -0.15) is 10.1 Å². The molecule has 0 saturated carbocycles. The predicted octanol–water partition coefficient (Wildman–Crippen LogP) is 2.18. The minimum Gasteiger partial charge on any atom is -0.459 e. The SMILES string of the molecule is CCn1nccc1C(=O)N1CC[C@@H](c2noc(-c3ccco3)n2)C1. The highest BCUT2D eigenvalue weighted by atomic mass is 16.5. The summed E-state index contributed by atoms with van der Waals surface area (Å²) in [5.41, 5.74) is 0.613. The third-order valence-electron chi connectivity index (χ3n) is 4.25. The molecule has 0 aromatic carbocycles. The average molecular weight is 327 g/mol. The lowest BCUT2D eigenvalue weighted by Crippen LogP contribution is -2.30. The molecular weight excluding hydrogens is 310 g/mol. The van der Waals surface area contributed by atoms with E-state index in [0.29, 0.717) is 42.8 Å². The summed E-state index contributed by atoms with van der Waals surface area (Å²) in [6.07, 6.45) is 4.02. The van der Waals surface area contributed by atoms with E-state index >= 15 is 0 Å². The highest BCUT2D eigenvalue weighted by Crippen LogP contribution is 2.28. The fourth-order valence-corrected chi connectivity index (χ4v) is 2.98. The second kappa shape index (κ2) is 5.95. The largest absolute Gasteiger partial charge is 0.459 e. The number of nitrogens with zero attached hydrogens (tertiary/aromatic N) is 5. The van der Waals surface area contributed by atoms with Crippen LogP contribution in [0.25, 0.3) is 11.7 Å². The molecular formula is C16H17N5O3. The molecule has 124 valence electrons. The maximum absolute atomic E-state index is 12.6. The van der Waals surface area contributed by atoms with Gasteiger partial charge in [-0.05, 0) is 31.5 Å². The van der Waals surface area contributed by atoms with Crippen LogP contribution >= 0.6 is 0 Å². The third kappa shape index (κ3) is 2.49. The van der Waals surface area contributed by atoms with Crippen LogP contribution in [0.4, 0.5) is 0 Å². The number of carbonyl (C=O) groups excluding carboxylic acids is 1. The van der Waals surface area contributed by atoms with Gasteiger partial charge in [0.05, 0.1) is 6.26 Å². The van der Waals surface area contributed by atoms with Crippen molar-refractivity contribution in [3.63, 3.8) is 0 Å². The van der Waals surface area contributed by atoms with Crippen LogP contribution in [0.15, 0.2) is 39.6 Å². The van der Waals surface area contributed by atoms with Gasteiger partial charge >= 0.3 is 0 Å². The Morgan fingerprint density at radius 2 is 2.33 bits per heavy atom. The standard InChI is InChI=1S/C16H17N5O3/c1-2-21-12(5-7-17-21)16(22)20-8-6-11(10-20)14-18-15(24-19-14)13-4-3-9-23-13/h3-5,7,9,11H,2,6,8,10H2,1H3/t11-/m1/s1. The van der Waals surface area contributed by atoms with Gasteiger partial charge < -0.3 is 13.8 Å². The number of furan rings is 1. The fraction of sp³-hybridized carbons (Fsp3) is 0.375. The zero-order valence-electron chi connectivity index (χ0n) is 13.3. The molecule has 0 bridgehead atoms. The summed E-state index contributed by atoms with van der Waals surface area (Å²) in [5.74, 6) is 1.59. The maximum Gasteiger partial charge on any atom is 0.293 e. The molecule has 1 atom stereocenters. The van der Waals surface area contributed by atoms with Crippen LogP contribution in [-0.2, 0) is 6.54 Å². The van der Waals surface area contributed by atoms with Crippen molar-refractivity contribution in [2.45, 2.75) is 25.8 Å². The van der Waals surface area contributed by atoms with Crippen LogP contribution in [0.3, 0.4) is 0 Å². The van der Waals surface area contributed by atoms with Gasteiger partial charge in [0, 0.05) is 31.7 Å². The number of aryl methyl sites for hydroxylation is 1. The Kier molecular flexibility index (Phi) is 3.64. The van der Waals surface area contributed by atoms with Gasteiger partial charge in [-0.1, -0.05) is 5.16 Å². The fourth-order valence-electron chi connectivity index (χ4n) is 2.98. The van der Waals surface area contributed by atoms with Crippen LogP contribution < -0.4 is 0 Å². The average Bonchev–Trinajstić information content (AvgIpc) is 3.41. The molecule has 8 heteroatoms. The highest BCUT2D eigenvalue weighted by Gasteiger charge is 2.32. The van der Waals surface area contributed by atoms with Gasteiger partial charge in [0.2, 0.25) is 0 Å². The molecule has 0 radical (unpaired) electrons. The van der Waals surface area contributed by atoms with E-state index in [1.165, 1.54) is 0 Å². The van der Waals surface area contributed by atoms with Crippen molar-refractivity contribution in [3.05, 3.63) is 42.2 Å². The molecule has 4 rings (SSSR count). The zero-order valence-corrected chi connectivity index (χ0v) is 13.3. The first-order valence-corrected chi connectivity index (χ1v) is 7.95. The number of rotatable bonds is 4. The molecule has 1 aliphatic rings. The quantitative estimate of drug-likeness (QED) is 0.729. The van der Waals surface area contributed by atoms with Crippen LogP contribution in [0.1, 0.15) is 35.6 Å². The van der Waals surface area contributed by atoms with Gasteiger partial charge in [-0.25, -0.2) is 0 Å². The maximum atomic E-state index is 12.6. The van der Waals surface area contributed by atoms with Crippen molar-refractivity contribution in [1.82, 2.24) is 24.8 Å². The summed E-state index contributed by atoms with van der Waals surface area (Å²) in [5, 5.41) is 8.20. The molecule has 4 heterocycles. The molecule has 0 spiro atoms. The number of likely N-dealkylation sites (tertiary alicyclic amines) is 1. The van der Waals surface area contributed by atoms with E-state index in [-0.39, 0.29) is 11.8 Å². The molecule has 8 nitrogen and oxygen atoms in total. The van der Waals surface area contributed by atoms with Crippen molar-refractivity contribution in [3.8, 4) is 11.7 Å². The number of hydrogen-bond acceptors (Lipinski definition) is 6. The normalized spacial score (nSPS) is 17.5. The topological polar surface area (TPSA) is 90.2 Å². The van der Waals surface area contributed by atoms with Gasteiger partial charge in [0.1, 0.15) is 5.69 Å². The molecule has 24 heavy (non-hydrogen) atoms. The number of amides is 1. The second-order valence-corrected chi connectivity index (χ2v) is 5.70. The van der Waals surface area contributed by atoms with Crippen molar-refractivity contribution >= 4 is 5.91 Å². The molecule has 1 saturated heterocycles. The Balaban J connectivity index is 1.48. The Bertz CT molecular complexity index is 836. The predicted molar refractivity (Wildman–Crippen MR) is 83.2 cm³/mol. The molecule has 0 aliphatic carbocycles. The second-order valence-electron chi connectivity index (χ2n) is 5.70. The van der Waals surface area contributed by atoms with E-state index in [2.05, 4.69) is 15.2 Å². The molecule has 3 aromatic rings. The lowest BCUT2D eigenvalue weighted by molar-refractivity contribution is 0.0778. The monoisotopic (exact) mass is 327 g/mol. The van der Waals surface area contributed by atoms with Crippen molar-refractivity contribution in [1.29, 1.82) is 0 Å². The van der Waals surface area contributed by atoms with Crippen molar-refractivity contribution in [2.24, 2.45) is 0 Å². The minimum atomic E-state index is -0.00778. The molecule has 1 fully saturated rings. The Labute approximate surface area is 138 Å². The van der Waals surface area contributed by atoms with Gasteiger partial charge in [-0.15, -0.1) is 0 Å². The zero-order chi connectivity index (χ0) is 16.5. The molecule has 1 amide bonds. The molecule has 1 aliphatic heterocycles. The molecule has 0 N–H and O–H groups in total. The summed E-state index contributed by atoms with van der Waals surface area (Å²) in [4.78, 5) is 18.9. The first-order chi connectivity index (χ1) is 11.8. The number of carbonyl (C=O) groups is 1. The van der Waals surface area contributed by atoms with Crippen molar-refractivity contribution < 1.29 is 13.7 Å². The van der Waals surface area contributed by atoms with Crippen LogP contribution in [0.2, 0.25) is 0 Å². The Morgan fingerprint density at radius 1 is 1.42 bits per heavy atom.